The second-order valence-corrected chi connectivity index (χ2v) is 6.62. The molecule has 3 rings (SSSR count). The highest BCUT2D eigenvalue weighted by Crippen LogP contribution is 2.29. The number of nitrogens with one attached hydrogen (secondary N) is 1. The monoisotopic (exact) mass is 344 g/mol. The second kappa shape index (κ2) is 7.39. The van der Waals surface area contributed by atoms with Crippen LogP contribution in [0.4, 0.5) is 5.69 Å². The number of nitrogens with zero attached hydrogens (tertiary/aromatic N) is 1. The molecule has 6 heteroatoms. The maximum Gasteiger partial charge on any atom is 0.275 e. The number of carbonyl (C=O) groups excluding carboxylic acids is 1. The van der Waals surface area contributed by atoms with E-state index in [4.69, 9.17) is 4.74 Å². The van der Waals surface area contributed by atoms with Crippen molar-refractivity contribution in [1.82, 2.24) is 4.98 Å². The molecule has 3 aromatic rings. The summed E-state index contributed by atoms with van der Waals surface area (Å²) in [6.07, 6.45) is 0.915. The number of ether oxygens (including phenoxy) is 1. The number of para-hydroxylation sites is 2. The third kappa shape index (κ3) is 3.78. The summed E-state index contributed by atoms with van der Waals surface area (Å²) in [6, 6.07) is 11.4. The summed E-state index contributed by atoms with van der Waals surface area (Å²) in [5, 5.41) is 7.52. The highest BCUT2D eigenvalue weighted by atomic mass is 32.1. The Morgan fingerprint density at radius 3 is 2.87 bits per heavy atom. The van der Waals surface area contributed by atoms with E-state index in [0.717, 1.165) is 16.3 Å². The number of hydrogen-bond donors (Lipinski definition) is 1. The fourth-order valence-electron chi connectivity index (χ4n) is 1.99. The van der Waals surface area contributed by atoms with Gasteiger partial charge in [-0.25, -0.2) is 4.98 Å². The van der Waals surface area contributed by atoms with Crippen molar-refractivity contribution in [3.8, 4) is 15.6 Å². The average Bonchev–Trinajstić information content (AvgIpc) is 3.24. The molecule has 0 aliphatic rings. The normalized spacial score (nSPS) is 10.5. The Bertz CT molecular complexity index is 782. The molecule has 0 atom stereocenters. The van der Waals surface area contributed by atoms with Crippen molar-refractivity contribution in [2.75, 3.05) is 11.9 Å². The number of thiazole rings is 1. The summed E-state index contributed by atoms with van der Waals surface area (Å²) in [6.45, 7) is 2.66. The fourth-order valence-corrected chi connectivity index (χ4v) is 3.60. The number of thiophene rings is 1. The Labute approximate surface area is 142 Å². The van der Waals surface area contributed by atoms with Crippen LogP contribution in [0.3, 0.4) is 0 Å². The summed E-state index contributed by atoms with van der Waals surface area (Å²) in [5.41, 5.74) is 1.08. The molecule has 1 amide bonds. The van der Waals surface area contributed by atoms with E-state index in [1.54, 1.807) is 16.7 Å². The van der Waals surface area contributed by atoms with Crippen molar-refractivity contribution >= 4 is 34.3 Å². The molecule has 2 aromatic heterocycles. The van der Waals surface area contributed by atoms with Crippen LogP contribution in [-0.4, -0.2) is 17.5 Å². The van der Waals surface area contributed by atoms with E-state index in [1.807, 2.05) is 48.7 Å². The Kier molecular flexibility index (Phi) is 5.05. The van der Waals surface area contributed by atoms with E-state index in [-0.39, 0.29) is 5.91 Å². The van der Waals surface area contributed by atoms with Crippen LogP contribution in [0, 0.1) is 0 Å². The Morgan fingerprint density at radius 1 is 1.22 bits per heavy atom. The molecule has 23 heavy (non-hydrogen) atoms. The maximum absolute atomic E-state index is 12.4. The zero-order valence-electron chi connectivity index (χ0n) is 12.6. The largest absolute Gasteiger partial charge is 0.491 e. The number of aromatic nitrogens is 1. The summed E-state index contributed by atoms with van der Waals surface area (Å²) in [7, 11) is 0. The van der Waals surface area contributed by atoms with Gasteiger partial charge in [0.2, 0.25) is 0 Å². The van der Waals surface area contributed by atoms with Crippen molar-refractivity contribution < 1.29 is 9.53 Å². The third-order valence-corrected chi connectivity index (χ3v) is 4.95. The van der Waals surface area contributed by atoms with Crippen molar-refractivity contribution in [1.29, 1.82) is 0 Å². The number of carbonyl (C=O) groups is 1. The lowest BCUT2D eigenvalue weighted by atomic mass is 10.3. The van der Waals surface area contributed by atoms with Crippen LogP contribution in [0.25, 0.3) is 9.88 Å². The highest BCUT2D eigenvalue weighted by Gasteiger charge is 2.14. The predicted octanol–water partition coefficient (Wildman–Crippen LogP) is 4.91. The predicted molar refractivity (Wildman–Crippen MR) is 95.6 cm³/mol. The summed E-state index contributed by atoms with van der Waals surface area (Å²) >= 11 is 3.08. The van der Waals surface area contributed by atoms with Gasteiger partial charge in [-0.2, -0.15) is 0 Å². The standard InChI is InChI=1S/C17H16N2O2S2/c1-2-9-21-14-7-4-3-6-12(14)18-16(20)13-11-23-17(19-13)15-8-5-10-22-15/h3-8,10-11H,2,9H2,1H3,(H,18,20). The zero-order chi connectivity index (χ0) is 16.1. The lowest BCUT2D eigenvalue weighted by Gasteiger charge is -2.11. The average molecular weight is 344 g/mol. The fraction of sp³-hybridized carbons (Fsp3) is 0.176. The Morgan fingerprint density at radius 2 is 2.09 bits per heavy atom. The second-order valence-electron chi connectivity index (χ2n) is 4.81. The van der Waals surface area contributed by atoms with Crippen molar-refractivity contribution in [3.63, 3.8) is 0 Å². The molecule has 0 unspecified atom stereocenters. The van der Waals surface area contributed by atoms with E-state index in [1.165, 1.54) is 11.3 Å². The van der Waals surface area contributed by atoms with E-state index < -0.39 is 0 Å². The molecular weight excluding hydrogens is 328 g/mol. The molecule has 118 valence electrons. The summed E-state index contributed by atoms with van der Waals surface area (Å²) in [5.74, 6) is 0.452. The first kappa shape index (κ1) is 15.7. The van der Waals surface area contributed by atoms with Crippen LogP contribution < -0.4 is 10.1 Å². The first-order chi connectivity index (χ1) is 11.3. The summed E-state index contributed by atoms with van der Waals surface area (Å²) in [4.78, 5) is 17.9. The Balaban J connectivity index is 1.75. The number of amides is 1. The minimum Gasteiger partial charge on any atom is -0.491 e. The van der Waals surface area contributed by atoms with Crippen molar-refractivity contribution in [3.05, 3.63) is 52.9 Å². The first-order valence-corrected chi connectivity index (χ1v) is 9.06. The molecule has 2 heterocycles. The van der Waals surface area contributed by atoms with Crippen molar-refractivity contribution in [2.24, 2.45) is 0 Å². The topological polar surface area (TPSA) is 51.2 Å². The van der Waals surface area contributed by atoms with Crippen LogP contribution in [0.1, 0.15) is 23.8 Å². The molecule has 0 saturated heterocycles. The Hall–Kier alpha value is -2.18. The number of anilines is 1. The van der Waals surface area contributed by atoms with Crippen LogP contribution in [0.2, 0.25) is 0 Å². The molecule has 1 N–H and O–H groups in total. The quantitative estimate of drug-likeness (QED) is 0.691. The molecule has 0 aliphatic carbocycles. The van der Waals surface area contributed by atoms with E-state index in [9.17, 15) is 4.79 Å². The molecule has 4 nitrogen and oxygen atoms in total. The molecule has 1 aromatic carbocycles. The number of rotatable bonds is 6. The van der Waals surface area contributed by atoms with E-state index in [0.29, 0.717) is 23.7 Å². The molecule has 0 saturated carbocycles. The third-order valence-electron chi connectivity index (χ3n) is 3.07. The minimum atomic E-state index is -0.225. The van der Waals surface area contributed by atoms with Gasteiger partial charge in [0.05, 0.1) is 17.2 Å². The van der Waals surface area contributed by atoms with Gasteiger partial charge in [0, 0.05) is 5.38 Å². The SMILES string of the molecule is CCCOc1ccccc1NC(=O)c1csc(-c2cccs2)n1. The number of benzene rings is 1. The van der Waals surface area contributed by atoms with E-state index in [2.05, 4.69) is 10.3 Å². The number of hydrogen-bond acceptors (Lipinski definition) is 5. The van der Waals surface area contributed by atoms with Gasteiger partial charge in [0.25, 0.3) is 5.91 Å². The molecular formula is C17H16N2O2S2. The van der Waals surface area contributed by atoms with Gasteiger partial charge in [-0.1, -0.05) is 25.1 Å². The molecule has 0 fully saturated rings. The van der Waals surface area contributed by atoms with Crippen molar-refractivity contribution in [2.45, 2.75) is 13.3 Å². The van der Waals surface area contributed by atoms with Gasteiger partial charge in [0.15, 0.2) is 0 Å². The van der Waals surface area contributed by atoms with Crippen LogP contribution >= 0.6 is 22.7 Å². The summed E-state index contributed by atoms with van der Waals surface area (Å²) < 4.78 is 5.66. The minimum absolute atomic E-state index is 0.225. The van der Waals surface area contributed by atoms with Gasteiger partial charge < -0.3 is 10.1 Å². The smallest absolute Gasteiger partial charge is 0.275 e. The van der Waals surface area contributed by atoms with E-state index >= 15 is 0 Å². The zero-order valence-corrected chi connectivity index (χ0v) is 14.2. The first-order valence-electron chi connectivity index (χ1n) is 7.30. The van der Waals surface area contributed by atoms with Crippen LogP contribution in [0.15, 0.2) is 47.2 Å². The highest BCUT2D eigenvalue weighted by molar-refractivity contribution is 7.20. The van der Waals surface area contributed by atoms with Gasteiger partial charge >= 0.3 is 0 Å². The molecule has 0 radical (unpaired) electrons. The lowest BCUT2D eigenvalue weighted by Crippen LogP contribution is -2.13. The van der Waals surface area contributed by atoms with Gasteiger partial charge in [-0.05, 0) is 30.0 Å². The maximum atomic E-state index is 12.4. The van der Waals surface area contributed by atoms with Crippen LogP contribution in [0.5, 0.6) is 5.75 Å². The molecule has 0 bridgehead atoms. The van der Waals surface area contributed by atoms with Gasteiger partial charge in [-0.3, -0.25) is 4.79 Å². The van der Waals surface area contributed by atoms with Gasteiger partial charge in [-0.15, -0.1) is 22.7 Å². The molecule has 0 spiro atoms. The van der Waals surface area contributed by atoms with Crippen LogP contribution in [-0.2, 0) is 0 Å². The molecule has 0 aliphatic heterocycles. The lowest BCUT2D eigenvalue weighted by molar-refractivity contribution is 0.102. The van der Waals surface area contributed by atoms with Gasteiger partial charge in [0.1, 0.15) is 16.5 Å².